The van der Waals surface area contributed by atoms with Crippen LogP contribution in [0.25, 0.3) is 10.9 Å². The zero-order valence-electron chi connectivity index (χ0n) is 19.6. The summed E-state index contributed by atoms with van der Waals surface area (Å²) in [5, 5.41) is 3.74. The summed E-state index contributed by atoms with van der Waals surface area (Å²) >= 11 is 0. The van der Waals surface area contributed by atoms with Gasteiger partial charge in [0.25, 0.3) is 5.91 Å². The largest absolute Gasteiger partial charge is 0.494 e. The van der Waals surface area contributed by atoms with Crippen molar-refractivity contribution >= 4 is 28.6 Å². The number of aromatic nitrogens is 1. The topological polar surface area (TPSA) is 112 Å². The average Bonchev–Trinajstić information content (AvgIpc) is 3.27. The van der Waals surface area contributed by atoms with Gasteiger partial charge in [-0.2, -0.15) is 0 Å². The minimum absolute atomic E-state index is 0.00497. The van der Waals surface area contributed by atoms with E-state index < -0.39 is 11.8 Å². The Kier molecular flexibility index (Phi) is 9.08. The Morgan fingerprint density at radius 1 is 0.971 bits per heavy atom. The predicted octanol–water partition coefficient (Wildman–Crippen LogP) is 3.64. The first-order chi connectivity index (χ1) is 16.4. The van der Waals surface area contributed by atoms with E-state index in [0.29, 0.717) is 12.3 Å². The molecule has 8 nitrogen and oxygen atoms in total. The van der Waals surface area contributed by atoms with E-state index in [-0.39, 0.29) is 24.8 Å². The van der Waals surface area contributed by atoms with Crippen LogP contribution in [0.5, 0.6) is 5.75 Å². The van der Waals surface area contributed by atoms with E-state index in [9.17, 15) is 14.4 Å². The standard InChI is InChI=1S/C26H32N4O4/c1-3-15-34-21-11-12-22-20(16-21)17-23(28-22)26(33)30-29-25(32)14-13-24(31)27-18(2)9-10-19-7-5-4-6-8-19/h4-8,11-12,16-18,28H,3,9-10,13-15H2,1-2H3,(H,27,31)(H,29,32)(H,30,33). The average molecular weight is 465 g/mol. The van der Waals surface area contributed by atoms with Crippen LogP contribution in [0.3, 0.4) is 0 Å². The third-order valence-corrected chi connectivity index (χ3v) is 5.32. The van der Waals surface area contributed by atoms with E-state index in [2.05, 4.69) is 33.3 Å². The molecular weight excluding hydrogens is 432 g/mol. The lowest BCUT2D eigenvalue weighted by Gasteiger charge is -2.14. The number of fused-ring (bicyclic) bond motifs is 1. The lowest BCUT2D eigenvalue weighted by molar-refractivity contribution is -0.127. The molecule has 1 heterocycles. The van der Waals surface area contributed by atoms with Gasteiger partial charge in [-0.25, -0.2) is 0 Å². The molecule has 0 spiro atoms. The van der Waals surface area contributed by atoms with Crippen LogP contribution in [0.1, 0.15) is 55.6 Å². The Balaban J connectivity index is 1.37. The molecule has 0 saturated carbocycles. The number of amides is 3. The van der Waals surface area contributed by atoms with E-state index in [1.807, 2.05) is 50.2 Å². The molecule has 0 bridgehead atoms. The molecule has 180 valence electrons. The van der Waals surface area contributed by atoms with Crippen molar-refractivity contribution in [3.63, 3.8) is 0 Å². The van der Waals surface area contributed by atoms with Crippen molar-refractivity contribution in [2.75, 3.05) is 6.61 Å². The summed E-state index contributed by atoms with van der Waals surface area (Å²) in [7, 11) is 0. The Morgan fingerprint density at radius 2 is 1.74 bits per heavy atom. The van der Waals surface area contributed by atoms with Crippen LogP contribution >= 0.6 is 0 Å². The summed E-state index contributed by atoms with van der Waals surface area (Å²) in [4.78, 5) is 39.6. The van der Waals surface area contributed by atoms with Gasteiger partial charge in [0.05, 0.1) is 6.61 Å². The molecule has 3 rings (SSSR count). The normalized spacial score (nSPS) is 11.6. The molecule has 8 heteroatoms. The first-order valence-corrected chi connectivity index (χ1v) is 11.6. The SMILES string of the molecule is CCCOc1ccc2[nH]c(C(=O)NNC(=O)CCC(=O)NC(C)CCc3ccccc3)cc2c1. The minimum Gasteiger partial charge on any atom is -0.494 e. The van der Waals surface area contributed by atoms with Crippen LogP contribution in [0.15, 0.2) is 54.6 Å². The van der Waals surface area contributed by atoms with Gasteiger partial charge < -0.3 is 15.0 Å². The number of aryl methyl sites for hydroxylation is 1. The van der Waals surface area contributed by atoms with Gasteiger partial charge in [0.15, 0.2) is 0 Å². The van der Waals surface area contributed by atoms with Crippen molar-refractivity contribution in [1.29, 1.82) is 0 Å². The number of hydrazine groups is 1. The quantitative estimate of drug-likeness (QED) is 0.325. The lowest BCUT2D eigenvalue weighted by atomic mass is 10.1. The van der Waals surface area contributed by atoms with E-state index in [0.717, 1.165) is 35.9 Å². The molecule has 34 heavy (non-hydrogen) atoms. The fourth-order valence-electron chi connectivity index (χ4n) is 3.47. The Morgan fingerprint density at radius 3 is 2.50 bits per heavy atom. The van der Waals surface area contributed by atoms with Gasteiger partial charge in [-0.15, -0.1) is 0 Å². The second-order valence-electron chi connectivity index (χ2n) is 8.28. The molecule has 0 saturated heterocycles. The van der Waals surface area contributed by atoms with Gasteiger partial charge in [-0.3, -0.25) is 25.2 Å². The number of nitrogens with one attached hydrogen (secondary N) is 4. The Hall–Kier alpha value is -3.81. The van der Waals surface area contributed by atoms with Crippen LogP contribution in [0, 0.1) is 0 Å². The number of benzene rings is 2. The zero-order chi connectivity index (χ0) is 24.3. The molecule has 3 amide bonds. The molecule has 1 unspecified atom stereocenters. The van der Waals surface area contributed by atoms with Gasteiger partial charge in [-0.1, -0.05) is 37.3 Å². The zero-order valence-corrected chi connectivity index (χ0v) is 19.6. The second kappa shape index (κ2) is 12.4. The van der Waals surface area contributed by atoms with Gasteiger partial charge in [0, 0.05) is 29.8 Å². The summed E-state index contributed by atoms with van der Waals surface area (Å²) < 4.78 is 5.61. The summed E-state index contributed by atoms with van der Waals surface area (Å²) in [6, 6.07) is 17.3. The molecule has 1 atom stereocenters. The third-order valence-electron chi connectivity index (χ3n) is 5.32. The summed E-state index contributed by atoms with van der Waals surface area (Å²) in [5.74, 6) is -0.369. The van der Waals surface area contributed by atoms with Crippen molar-refractivity contribution in [2.24, 2.45) is 0 Å². The smallest absolute Gasteiger partial charge is 0.286 e. The number of hydrogen-bond donors (Lipinski definition) is 4. The summed E-state index contributed by atoms with van der Waals surface area (Å²) in [6.07, 6.45) is 2.62. The van der Waals surface area contributed by atoms with Crippen molar-refractivity contribution in [2.45, 2.75) is 52.0 Å². The molecule has 0 fully saturated rings. The maximum Gasteiger partial charge on any atom is 0.286 e. The molecule has 2 aromatic carbocycles. The van der Waals surface area contributed by atoms with Crippen LogP contribution in [0.4, 0.5) is 0 Å². The van der Waals surface area contributed by atoms with Gasteiger partial charge in [0.1, 0.15) is 11.4 Å². The number of carbonyl (C=O) groups excluding carboxylic acids is 3. The molecular formula is C26H32N4O4. The van der Waals surface area contributed by atoms with E-state index >= 15 is 0 Å². The maximum atomic E-state index is 12.4. The highest BCUT2D eigenvalue weighted by Gasteiger charge is 2.13. The number of H-pyrrole nitrogens is 1. The second-order valence-corrected chi connectivity index (χ2v) is 8.28. The minimum atomic E-state index is -0.473. The fraction of sp³-hybridized carbons (Fsp3) is 0.346. The van der Waals surface area contributed by atoms with E-state index in [4.69, 9.17) is 4.74 Å². The van der Waals surface area contributed by atoms with Crippen LogP contribution in [-0.2, 0) is 16.0 Å². The number of aromatic amines is 1. The first kappa shape index (κ1) is 24.8. The highest BCUT2D eigenvalue weighted by molar-refractivity contribution is 5.99. The van der Waals surface area contributed by atoms with Gasteiger partial charge >= 0.3 is 0 Å². The Bertz CT molecular complexity index is 1110. The van der Waals surface area contributed by atoms with E-state index in [1.165, 1.54) is 5.56 Å². The lowest BCUT2D eigenvalue weighted by Crippen LogP contribution is -2.42. The molecule has 4 N–H and O–H groups in total. The highest BCUT2D eigenvalue weighted by Crippen LogP contribution is 2.21. The molecule has 0 aliphatic carbocycles. The van der Waals surface area contributed by atoms with E-state index in [1.54, 1.807) is 6.07 Å². The van der Waals surface area contributed by atoms with Crippen LogP contribution < -0.4 is 20.9 Å². The Labute approximate surface area is 199 Å². The highest BCUT2D eigenvalue weighted by atomic mass is 16.5. The number of hydrogen-bond acceptors (Lipinski definition) is 4. The summed E-state index contributed by atoms with van der Waals surface area (Å²) in [6.45, 7) is 4.60. The number of rotatable bonds is 11. The van der Waals surface area contributed by atoms with Crippen molar-refractivity contribution in [3.8, 4) is 5.75 Å². The molecule has 3 aromatic rings. The van der Waals surface area contributed by atoms with Gasteiger partial charge in [-0.05, 0) is 56.0 Å². The predicted molar refractivity (Wildman–Crippen MR) is 131 cm³/mol. The van der Waals surface area contributed by atoms with Crippen molar-refractivity contribution in [3.05, 3.63) is 65.9 Å². The van der Waals surface area contributed by atoms with Crippen molar-refractivity contribution in [1.82, 2.24) is 21.2 Å². The molecule has 0 aliphatic rings. The fourth-order valence-corrected chi connectivity index (χ4v) is 3.47. The van der Waals surface area contributed by atoms with Gasteiger partial charge in [0.2, 0.25) is 11.8 Å². The monoisotopic (exact) mass is 464 g/mol. The third kappa shape index (κ3) is 7.65. The number of ether oxygens (including phenoxy) is 1. The van der Waals surface area contributed by atoms with Crippen LogP contribution in [-0.4, -0.2) is 35.4 Å². The van der Waals surface area contributed by atoms with Crippen molar-refractivity contribution < 1.29 is 19.1 Å². The maximum absolute atomic E-state index is 12.4. The molecule has 0 radical (unpaired) electrons. The molecule has 0 aliphatic heterocycles. The first-order valence-electron chi connectivity index (χ1n) is 11.6. The molecule has 1 aromatic heterocycles. The number of carbonyl (C=O) groups is 3. The summed E-state index contributed by atoms with van der Waals surface area (Å²) in [5.41, 5.74) is 7.06. The van der Waals surface area contributed by atoms with Crippen LogP contribution in [0.2, 0.25) is 0 Å².